The number of imide groups is 1. The molecule has 1 aliphatic heterocycles. The predicted octanol–water partition coefficient (Wildman–Crippen LogP) is 3.73. The van der Waals surface area contributed by atoms with Crippen molar-refractivity contribution in [2.24, 2.45) is 11.8 Å². The minimum absolute atomic E-state index is 0.0393. The summed E-state index contributed by atoms with van der Waals surface area (Å²) in [7, 11) is 0. The van der Waals surface area contributed by atoms with E-state index in [1.165, 1.54) is 4.90 Å². The quantitative estimate of drug-likeness (QED) is 0.518. The molecule has 1 aromatic rings. The van der Waals surface area contributed by atoms with E-state index < -0.39 is 0 Å². The summed E-state index contributed by atoms with van der Waals surface area (Å²) in [5.41, 5.74) is 2.77. The molecule has 2 amide bonds. The lowest BCUT2D eigenvalue weighted by Gasteiger charge is -2.29. The summed E-state index contributed by atoms with van der Waals surface area (Å²) in [6.07, 6.45) is 1.43. The highest BCUT2D eigenvalue weighted by molar-refractivity contribution is 9.12. The van der Waals surface area contributed by atoms with Crippen LogP contribution in [0.2, 0.25) is 0 Å². The van der Waals surface area contributed by atoms with Crippen LogP contribution < -0.4 is 4.90 Å². The summed E-state index contributed by atoms with van der Waals surface area (Å²) in [5.74, 6) is -0.448. The lowest BCUT2D eigenvalue weighted by Crippen LogP contribution is -2.34. The molecule has 0 bridgehead atoms. The number of hydrogen-bond donors (Lipinski definition) is 0. The first kappa shape index (κ1) is 15.2. The zero-order chi connectivity index (χ0) is 15.3. The van der Waals surface area contributed by atoms with Gasteiger partial charge in [0.15, 0.2) is 0 Å². The van der Waals surface area contributed by atoms with Crippen molar-refractivity contribution < 1.29 is 9.59 Å². The molecule has 1 aromatic carbocycles. The smallest absolute Gasteiger partial charge is 0.237 e. The van der Waals surface area contributed by atoms with Crippen LogP contribution in [0.15, 0.2) is 18.2 Å². The number of carbonyl (C=O) groups excluding carboxylic acids is 2. The van der Waals surface area contributed by atoms with Crippen LogP contribution in [0.1, 0.15) is 24.0 Å². The van der Waals surface area contributed by atoms with Gasteiger partial charge in [0, 0.05) is 9.65 Å². The molecule has 3 rings (SSSR count). The number of hydrogen-bond acceptors (Lipinski definition) is 2. The van der Waals surface area contributed by atoms with Gasteiger partial charge in [-0.05, 0) is 43.9 Å². The van der Waals surface area contributed by atoms with Crippen molar-refractivity contribution in [1.82, 2.24) is 0 Å². The van der Waals surface area contributed by atoms with E-state index in [-0.39, 0.29) is 33.3 Å². The summed E-state index contributed by atoms with van der Waals surface area (Å²) in [5, 5.41) is 0. The summed E-state index contributed by atoms with van der Waals surface area (Å²) in [4.78, 5) is 27.4. The molecule has 2 aliphatic rings. The molecule has 0 aromatic heterocycles. The molecule has 1 saturated heterocycles. The third-order valence-corrected chi connectivity index (χ3v) is 7.25. The molecule has 0 unspecified atom stereocenters. The Morgan fingerprint density at radius 1 is 1.00 bits per heavy atom. The van der Waals surface area contributed by atoms with E-state index in [0.29, 0.717) is 12.8 Å². The summed E-state index contributed by atoms with van der Waals surface area (Å²) < 4.78 is 0. The van der Waals surface area contributed by atoms with Crippen molar-refractivity contribution in [1.29, 1.82) is 0 Å². The molecule has 21 heavy (non-hydrogen) atoms. The third-order valence-electron chi connectivity index (χ3n) is 4.52. The number of aryl methyl sites for hydroxylation is 2. The second-order valence-electron chi connectivity index (χ2n) is 6.02. The number of alkyl halides is 2. The van der Waals surface area contributed by atoms with Crippen LogP contribution in [0.4, 0.5) is 5.69 Å². The molecule has 1 aliphatic carbocycles. The Hall–Kier alpha value is -0.680. The second kappa shape index (κ2) is 5.51. The van der Waals surface area contributed by atoms with Gasteiger partial charge in [-0.3, -0.25) is 9.59 Å². The highest BCUT2D eigenvalue weighted by Gasteiger charge is 2.52. The molecule has 3 nitrogen and oxygen atoms in total. The topological polar surface area (TPSA) is 37.4 Å². The van der Waals surface area contributed by atoms with E-state index in [0.717, 1.165) is 16.8 Å². The van der Waals surface area contributed by atoms with Gasteiger partial charge in [-0.25, -0.2) is 4.90 Å². The summed E-state index contributed by atoms with van der Waals surface area (Å²) >= 11 is 7.22. The standard InChI is InChI=1S/C16H17Br2NO2/c1-8-3-4-9(2)14(5-8)19-15(20)10-6-12(17)13(18)7-11(10)16(19)21/h3-5,10-13H,6-7H2,1-2H3/t10-,11-,12-,13+/m0/s1. The van der Waals surface area contributed by atoms with Gasteiger partial charge in [-0.15, -0.1) is 0 Å². The van der Waals surface area contributed by atoms with Gasteiger partial charge in [0.2, 0.25) is 11.8 Å². The average Bonchev–Trinajstić information content (AvgIpc) is 2.66. The maximum absolute atomic E-state index is 12.7. The minimum atomic E-state index is -0.185. The fourth-order valence-corrected chi connectivity index (χ4v) is 4.53. The van der Waals surface area contributed by atoms with Gasteiger partial charge in [0.1, 0.15) is 0 Å². The number of amides is 2. The Balaban J connectivity index is 2.00. The Morgan fingerprint density at radius 3 is 2.05 bits per heavy atom. The predicted molar refractivity (Wildman–Crippen MR) is 90.1 cm³/mol. The second-order valence-corrected chi connectivity index (χ2v) is 8.37. The molecule has 0 radical (unpaired) electrons. The molecular weight excluding hydrogens is 398 g/mol. The van der Waals surface area contributed by atoms with E-state index in [1.807, 2.05) is 32.0 Å². The van der Waals surface area contributed by atoms with Crippen LogP contribution in [0.5, 0.6) is 0 Å². The Morgan fingerprint density at radius 2 is 1.52 bits per heavy atom. The third kappa shape index (κ3) is 2.48. The lowest BCUT2D eigenvalue weighted by molar-refractivity contribution is -0.122. The first-order valence-corrected chi connectivity index (χ1v) is 8.96. The highest BCUT2D eigenvalue weighted by Crippen LogP contribution is 2.44. The average molecular weight is 415 g/mol. The Kier molecular flexibility index (Phi) is 3.99. The van der Waals surface area contributed by atoms with Crippen molar-refractivity contribution in [3.63, 3.8) is 0 Å². The molecule has 4 atom stereocenters. The fraction of sp³-hybridized carbons (Fsp3) is 0.500. The molecular formula is C16H17Br2NO2. The molecule has 0 spiro atoms. The van der Waals surface area contributed by atoms with Gasteiger partial charge in [-0.2, -0.15) is 0 Å². The first-order valence-electron chi connectivity index (χ1n) is 7.13. The van der Waals surface area contributed by atoms with Gasteiger partial charge in [0.25, 0.3) is 0 Å². The monoisotopic (exact) mass is 413 g/mol. The number of rotatable bonds is 1. The van der Waals surface area contributed by atoms with Crippen molar-refractivity contribution in [2.45, 2.75) is 36.3 Å². The maximum atomic E-state index is 12.7. The Bertz CT molecular complexity index is 588. The van der Waals surface area contributed by atoms with Crippen LogP contribution in [0.3, 0.4) is 0 Å². The largest absolute Gasteiger partial charge is 0.274 e. The van der Waals surface area contributed by atoms with Crippen LogP contribution >= 0.6 is 31.9 Å². The first-order chi connectivity index (χ1) is 9.90. The molecule has 1 heterocycles. The molecule has 5 heteroatoms. The van der Waals surface area contributed by atoms with Crippen molar-refractivity contribution in [2.75, 3.05) is 4.90 Å². The zero-order valence-electron chi connectivity index (χ0n) is 12.0. The molecule has 0 N–H and O–H groups in total. The van der Waals surface area contributed by atoms with Crippen LogP contribution in [0, 0.1) is 25.7 Å². The fourth-order valence-electron chi connectivity index (χ4n) is 3.29. The highest BCUT2D eigenvalue weighted by atomic mass is 79.9. The number of carbonyl (C=O) groups is 2. The maximum Gasteiger partial charge on any atom is 0.237 e. The SMILES string of the molecule is Cc1ccc(C)c(N2C(=O)[C@H]3C[C@@H](Br)[C@@H](Br)C[C@@H]3C2=O)c1. The van der Waals surface area contributed by atoms with Crippen molar-refractivity contribution in [3.05, 3.63) is 29.3 Å². The van der Waals surface area contributed by atoms with E-state index in [9.17, 15) is 9.59 Å². The Labute approximate surface area is 141 Å². The summed E-state index contributed by atoms with van der Waals surface area (Å²) in [6, 6.07) is 5.90. The van der Waals surface area contributed by atoms with Crippen LogP contribution in [-0.2, 0) is 9.59 Å². The van der Waals surface area contributed by atoms with E-state index in [4.69, 9.17) is 0 Å². The van der Waals surface area contributed by atoms with E-state index in [1.54, 1.807) is 0 Å². The number of halogens is 2. The van der Waals surface area contributed by atoms with E-state index >= 15 is 0 Å². The minimum Gasteiger partial charge on any atom is -0.274 e. The zero-order valence-corrected chi connectivity index (χ0v) is 15.1. The van der Waals surface area contributed by atoms with Gasteiger partial charge < -0.3 is 0 Å². The molecule has 2 fully saturated rings. The van der Waals surface area contributed by atoms with Crippen LogP contribution in [0.25, 0.3) is 0 Å². The van der Waals surface area contributed by atoms with Crippen LogP contribution in [-0.4, -0.2) is 21.5 Å². The number of benzene rings is 1. The molecule has 112 valence electrons. The van der Waals surface area contributed by atoms with Gasteiger partial charge in [0.05, 0.1) is 17.5 Å². The van der Waals surface area contributed by atoms with E-state index in [2.05, 4.69) is 31.9 Å². The lowest BCUT2D eigenvalue weighted by atomic mass is 9.81. The van der Waals surface area contributed by atoms with Gasteiger partial charge >= 0.3 is 0 Å². The number of fused-ring (bicyclic) bond motifs is 1. The summed E-state index contributed by atoms with van der Waals surface area (Å²) in [6.45, 7) is 3.92. The van der Waals surface area contributed by atoms with Crippen molar-refractivity contribution in [3.8, 4) is 0 Å². The number of anilines is 1. The molecule has 1 saturated carbocycles. The normalized spacial score (nSPS) is 32.5. The van der Waals surface area contributed by atoms with Crippen molar-refractivity contribution >= 4 is 49.4 Å². The number of nitrogens with zero attached hydrogens (tertiary/aromatic N) is 1. The van der Waals surface area contributed by atoms with Gasteiger partial charge in [-0.1, -0.05) is 44.0 Å².